The molecule has 3 aromatic rings. The third-order valence-corrected chi connectivity index (χ3v) is 4.76. The summed E-state index contributed by atoms with van der Waals surface area (Å²) in [4.78, 5) is 0. The highest BCUT2D eigenvalue weighted by Crippen LogP contribution is 2.31. The van der Waals surface area contributed by atoms with E-state index in [0.29, 0.717) is 0 Å². The van der Waals surface area contributed by atoms with Crippen molar-refractivity contribution in [2.24, 2.45) is 0 Å². The van der Waals surface area contributed by atoms with Crippen LogP contribution in [0.1, 0.15) is 22.7 Å². The second-order valence-corrected chi connectivity index (χ2v) is 6.40. The molecule has 0 unspecified atom stereocenters. The Labute approximate surface area is 142 Å². The first-order valence-electron chi connectivity index (χ1n) is 8.45. The van der Waals surface area contributed by atoms with Crippen LogP contribution in [-0.4, -0.2) is 11.2 Å². The number of fused-ring (bicyclic) bond motifs is 1. The van der Waals surface area contributed by atoms with E-state index in [0.717, 1.165) is 13.0 Å². The lowest BCUT2D eigenvalue weighted by atomic mass is 10.0. The Hall–Kier alpha value is -2.42. The molecule has 3 aromatic carbocycles. The number of aliphatic hydroxyl groups is 1. The summed E-state index contributed by atoms with van der Waals surface area (Å²) < 4.78 is 0. The van der Waals surface area contributed by atoms with Crippen molar-refractivity contribution in [3.63, 3.8) is 0 Å². The van der Waals surface area contributed by atoms with Crippen molar-refractivity contribution < 1.29 is 5.11 Å². The third kappa shape index (κ3) is 2.99. The molecule has 0 radical (unpaired) electrons. The van der Waals surface area contributed by atoms with Gasteiger partial charge in [0.2, 0.25) is 0 Å². The summed E-state index contributed by atoms with van der Waals surface area (Å²) in [5.41, 5.74) is 6.16. The number of nitrogens with one attached hydrogen (secondary N) is 1. The van der Waals surface area contributed by atoms with Gasteiger partial charge in [0.15, 0.2) is 0 Å². The number of rotatable bonds is 4. The minimum absolute atomic E-state index is 0.0154. The summed E-state index contributed by atoms with van der Waals surface area (Å²) in [6, 6.07) is 27.3. The molecule has 0 aliphatic heterocycles. The van der Waals surface area contributed by atoms with Crippen molar-refractivity contribution in [2.45, 2.75) is 25.1 Å². The van der Waals surface area contributed by atoms with Crippen LogP contribution >= 0.6 is 0 Å². The molecule has 24 heavy (non-hydrogen) atoms. The molecule has 2 heteroatoms. The minimum atomic E-state index is -0.347. The molecule has 0 bridgehead atoms. The van der Waals surface area contributed by atoms with E-state index < -0.39 is 0 Å². The Kier molecular flexibility index (Phi) is 4.16. The molecule has 4 rings (SSSR count). The molecular formula is C22H21NO. The molecule has 2 nitrogen and oxygen atoms in total. The highest BCUT2D eigenvalue weighted by atomic mass is 16.3. The Bertz CT molecular complexity index is 828. The van der Waals surface area contributed by atoms with Crippen LogP contribution in [0, 0.1) is 0 Å². The van der Waals surface area contributed by atoms with Gasteiger partial charge in [0.1, 0.15) is 0 Å². The molecule has 2 N–H and O–H groups in total. The van der Waals surface area contributed by atoms with Crippen molar-refractivity contribution in [3.8, 4) is 11.1 Å². The van der Waals surface area contributed by atoms with Crippen LogP contribution in [0.2, 0.25) is 0 Å². The Morgan fingerprint density at radius 3 is 2.46 bits per heavy atom. The van der Waals surface area contributed by atoms with E-state index in [-0.39, 0.29) is 12.1 Å². The Morgan fingerprint density at radius 1 is 0.833 bits per heavy atom. The van der Waals surface area contributed by atoms with Crippen LogP contribution in [0.3, 0.4) is 0 Å². The van der Waals surface area contributed by atoms with Crippen molar-refractivity contribution >= 4 is 0 Å². The Morgan fingerprint density at radius 2 is 1.58 bits per heavy atom. The molecule has 2 atom stereocenters. The Balaban J connectivity index is 1.51. The van der Waals surface area contributed by atoms with Gasteiger partial charge in [-0.15, -0.1) is 0 Å². The minimum Gasteiger partial charge on any atom is -0.391 e. The zero-order valence-corrected chi connectivity index (χ0v) is 13.5. The first kappa shape index (κ1) is 15.1. The van der Waals surface area contributed by atoms with E-state index in [1.807, 2.05) is 18.2 Å². The molecule has 0 fully saturated rings. The lowest BCUT2D eigenvalue weighted by Gasteiger charge is -2.18. The number of benzene rings is 3. The molecule has 0 aromatic heterocycles. The first-order chi connectivity index (χ1) is 11.8. The van der Waals surface area contributed by atoms with Crippen LogP contribution in [0.4, 0.5) is 0 Å². The van der Waals surface area contributed by atoms with Gasteiger partial charge in [-0.25, -0.2) is 0 Å². The van der Waals surface area contributed by atoms with E-state index >= 15 is 0 Å². The summed E-state index contributed by atoms with van der Waals surface area (Å²) >= 11 is 0. The predicted octanol–water partition coefficient (Wildman–Crippen LogP) is 4.10. The first-order valence-corrected chi connectivity index (χ1v) is 8.45. The van der Waals surface area contributed by atoms with Gasteiger partial charge in [-0.05, 0) is 33.9 Å². The van der Waals surface area contributed by atoms with E-state index in [1.165, 1.54) is 27.8 Å². The number of hydrogen-bond acceptors (Lipinski definition) is 2. The highest BCUT2D eigenvalue weighted by molar-refractivity contribution is 5.63. The van der Waals surface area contributed by atoms with E-state index in [4.69, 9.17) is 0 Å². The maximum absolute atomic E-state index is 10.4. The molecule has 0 saturated heterocycles. The van der Waals surface area contributed by atoms with Crippen molar-refractivity contribution in [1.82, 2.24) is 5.32 Å². The van der Waals surface area contributed by atoms with Crippen molar-refractivity contribution in [3.05, 3.63) is 95.6 Å². The van der Waals surface area contributed by atoms with Gasteiger partial charge in [0, 0.05) is 13.0 Å². The fourth-order valence-electron chi connectivity index (χ4n) is 3.54. The van der Waals surface area contributed by atoms with Crippen LogP contribution in [0.25, 0.3) is 11.1 Å². The normalized spacial score (nSPS) is 19.2. The molecule has 120 valence electrons. The quantitative estimate of drug-likeness (QED) is 0.759. The molecule has 0 saturated carbocycles. The monoisotopic (exact) mass is 315 g/mol. The molecule has 1 aliphatic rings. The van der Waals surface area contributed by atoms with Gasteiger partial charge in [0.05, 0.1) is 12.1 Å². The van der Waals surface area contributed by atoms with Crippen LogP contribution in [-0.2, 0) is 13.0 Å². The van der Waals surface area contributed by atoms with Crippen LogP contribution in [0.15, 0.2) is 78.9 Å². The molecule has 0 amide bonds. The highest BCUT2D eigenvalue weighted by Gasteiger charge is 2.29. The zero-order valence-electron chi connectivity index (χ0n) is 13.5. The molecular weight excluding hydrogens is 294 g/mol. The van der Waals surface area contributed by atoms with E-state index in [1.54, 1.807) is 0 Å². The molecule has 0 heterocycles. The second kappa shape index (κ2) is 6.60. The fraction of sp³-hybridized carbons (Fsp3) is 0.182. The zero-order chi connectivity index (χ0) is 16.4. The van der Waals surface area contributed by atoms with Gasteiger partial charge >= 0.3 is 0 Å². The van der Waals surface area contributed by atoms with Gasteiger partial charge in [-0.2, -0.15) is 0 Å². The SMILES string of the molecule is O[C@@H]1Cc2ccccc2[C@@H]1NCc1cccc(-c2ccccc2)c1. The van der Waals surface area contributed by atoms with Gasteiger partial charge in [0.25, 0.3) is 0 Å². The smallest absolute Gasteiger partial charge is 0.0775 e. The average molecular weight is 315 g/mol. The average Bonchev–Trinajstić information content (AvgIpc) is 2.96. The maximum atomic E-state index is 10.4. The molecule has 1 aliphatic carbocycles. The second-order valence-electron chi connectivity index (χ2n) is 6.40. The lowest BCUT2D eigenvalue weighted by Crippen LogP contribution is -2.28. The summed E-state index contributed by atoms with van der Waals surface area (Å²) in [7, 11) is 0. The van der Waals surface area contributed by atoms with Gasteiger partial charge < -0.3 is 10.4 Å². The number of aliphatic hydroxyl groups excluding tert-OH is 1. The van der Waals surface area contributed by atoms with E-state index in [9.17, 15) is 5.11 Å². The fourth-order valence-corrected chi connectivity index (χ4v) is 3.54. The van der Waals surface area contributed by atoms with Crippen molar-refractivity contribution in [1.29, 1.82) is 0 Å². The lowest BCUT2D eigenvalue weighted by molar-refractivity contribution is 0.140. The largest absolute Gasteiger partial charge is 0.391 e. The molecule has 0 spiro atoms. The third-order valence-electron chi connectivity index (χ3n) is 4.76. The predicted molar refractivity (Wildman–Crippen MR) is 97.6 cm³/mol. The summed E-state index contributed by atoms with van der Waals surface area (Å²) in [5.74, 6) is 0. The van der Waals surface area contributed by atoms with Crippen LogP contribution < -0.4 is 5.32 Å². The summed E-state index contributed by atoms with van der Waals surface area (Å²) in [6.07, 6.45) is 0.387. The van der Waals surface area contributed by atoms with Crippen LogP contribution in [0.5, 0.6) is 0 Å². The van der Waals surface area contributed by atoms with E-state index in [2.05, 4.69) is 66.0 Å². The topological polar surface area (TPSA) is 32.3 Å². The summed E-state index contributed by atoms with van der Waals surface area (Å²) in [6.45, 7) is 0.747. The van der Waals surface area contributed by atoms with Crippen molar-refractivity contribution in [2.75, 3.05) is 0 Å². The standard InChI is InChI=1S/C22H21NO/c24-21-14-19-10-4-5-12-20(19)22(21)23-15-16-7-6-11-18(13-16)17-8-2-1-3-9-17/h1-13,21-24H,14-15H2/t21-,22+/m1/s1. The summed E-state index contributed by atoms with van der Waals surface area (Å²) in [5, 5.41) is 13.9. The maximum Gasteiger partial charge on any atom is 0.0775 e. The van der Waals surface area contributed by atoms with Gasteiger partial charge in [-0.3, -0.25) is 0 Å². The van der Waals surface area contributed by atoms with Gasteiger partial charge in [-0.1, -0.05) is 72.8 Å². The number of hydrogen-bond donors (Lipinski definition) is 2.